The van der Waals surface area contributed by atoms with Crippen molar-refractivity contribution in [2.24, 2.45) is 0 Å². The highest BCUT2D eigenvalue weighted by Gasteiger charge is 2.11. The monoisotopic (exact) mass is 423 g/mol. The Hall–Kier alpha value is -3.19. The molecule has 2 heterocycles. The lowest BCUT2D eigenvalue weighted by Gasteiger charge is -2.04. The molecule has 27 heavy (non-hydrogen) atoms. The number of aromatic nitrogens is 2. The van der Waals surface area contributed by atoms with Crippen molar-refractivity contribution in [3.63, 3.8) is 0 Å². The van der Waals surface area contributed by atoms with Crippen molar-refractivity contribution in [1.29, 1.82) is 0 Å². The zero-order valence-corrected chi connectivity index (χ0v) is 15.9. The topological polar surface area (TPSA) is 77.2 Å². The highest BCUT2D eigenvalue weighted by molar-refractivity contribution is 9.10. The van der Waals surface area contributed by atoms with Crippen LogP contribution in [0.1, 0.15) is 10.4 Å². The highest BCUT2D eigenvalue weighted by atomic mass is 79.9. The lowest BCUT2D eigenvalue weighted by molar-refractivity contribution is 0.102. The van der Waals surface area contributed by atoms with Crippen LogP contribution in [-0.2, 0) is 0 Å². The van der Waals surface area contributed by atoms with Gasteiger partial charge in [-0.1, -0.05) is 0 Å². The third kappa shape index (κ3) is 3.68. The average Bonchev–Trinajstić information content (AvgIpc) is 3.11. The molecule has 0 saturated carbocycles. The number of nitrogens with zero attached hydrogens (tertiary/aromatic N) is 2. The summed E-state index contributed by atoms with van der Waals surface area (Å²) in [5.41, 5.74) is 3.22. The molecule has 0 bridgehead atoms. The number of hydrogen-bond acceptors (Lipinski definition) is 5. The Kier molecular flexibility index (Phi) is 4.60. The quantitative estimate of drug-likeness (QED) is 0.504. The van der Waals surface area contributed by atoms with E-state index in [-0.39, 0.29) is 5.91 Å². The molecule has 4 rings (SSSR count). The zero-order chi connectivity index (χ0) is 18.8. The fourth-order valence-electron chi connectivity index (χ4n) is 2.60. The molecule has 0 radical (unpaired) electrons. The van der Waals surface area contributed by atoms with Crippen molar-refractivity contribution in [2.45, 2.75) is 0 Å². The second-order valence-corrected chi connectivity index (χ2v) is 6.69. The Bertz CT molecular complexity index is 1120. The van der Waals surface area contributed by atoms with Crippen molar-refractivity contribution in [1.82, 2.24) is 9.97 Å². The first kappa shape index (κ1) is 17.2. The third-order valence-corrected chi connectivity index (χ3v) is 4.38. The van der Waals surface area contributed by atoms with E-state index in [0.29, 0.717) is 28.2 Å². The molecular formula is C20H14BrN3O3. The smallest absolute Gasteiger partial charge is 0.257 e. The Morgan fingerprint density at radius 1 is 1.11 bits per heavy atom. The van der Waals surface area contributed by atoms with Gasteiger partial charge in [-0.05, 0) is 58.4 Å². The van der Waals surface area contributed by atoms with Gasteiger partial charge in [-0.15, -0.1) is 0 Å². The number of methoxy groups -OCH3 is 1. The van der Waals surface area contributed by atoms with Gasteiger partial charge in [-0.25, -0.2) is 4.98 Å². The number of carbonyl (C=O) groups is 1. The number of oxazole rings is 1. The van der Waals surface area contributed by atoms with E-state index in [4.69, 9.17) is 9.15 Å². The lowest BCUT2D eigenvalue weighted by atomic mass is 10.2. The molecule has 7 heteroatoms. The van der Waals surface area contributed by atoms with Gasteiger partial charge in [-0.2, -0.15) is 0 Å². The normalized spacial score (nSPS) is 10.7. The van der Waals surface area contributed by atoms with Crippen LogP contribution < -0.4 is 10.1 Å². The Labute approximate surface area is 163 Å². The van der Waals surface area contributed by atoms with E-state index >= 15 is 0 Å². The molecule has 0 unspecified atom stereocenters. The first-order valence-corrected chi connectivity index (χ1v) is 8.88. The predicted molar refractivity (Wildman–Crippen MR) is 106 cm³/mol. The predicted octanol–water partition coefficient (Wildman–Crippen LogP) is 4.91. The van der Waals surface area contributed by atoms with Gasteiger partial charge in [0.25, 0.3) is 5.91 Å². The van der Waals surface area contributed by atoms with E-state index in [1.807, 2.05) is 24.3 Å². The summed E-state index contributed by atoms with van der Waals surface area (Å²) in [5.74, 6) is 1.02. The van der Waals surface area contributed by atoms with E-state index in [1.54, 1.807) is 37.6 Å². The summed E-state index contributed by atoms with van der Waals surface area (Å²) in [4.78, 5) is 20.9. The Morgan fingerprint density at radius 2 is 1.93 bits per heavy atom. The molecule has 0 fully saturated rings. The Balaban J connectivity index is 1.59. The largest absolute Gasteiger partial charge is 0.497 e. The minimum atomic E-state index is -0.252. The number of nitrogens with one attached hydrogen (secondary N) is 1. The van der Waals surface area contributed by atoms with Gasteiger partial charge >= 0.3 is 0 Å². The van der Waals surface area contributed by atoms with E-state index < -0.39 is 0 Å². The molecule has 0 spiro atoms. The number of pyridine rings is 1. The number of anilines is 1. The summed E-state index contributed by atoms with van der Waals surface area (Å²) >= 11 is 3.31. The summed E-state index contributed by atoms with van der Waals surface area (Å²) < 4.78 is 11.8. The van der Waals surface area contributed by atoms with Gasteiger partial charge in [0.1, 0.15) is 11.3 Å². The molecule has 2 aromatic carbocycles. The van der Waals surface area contributed by atoms with Crippen LogP contribution in [0.5, 0.6) is 5.75 Å². The third-order valence-electron chi connectivity index (χ3n) is 3.95. The van der Waals surface area contributed by atoms with Crippen molar-refractivity contribution < 1.29 is 13.9 Å². The molecule has 0 aliphatic heterocycles. The van der Waals surface area contributed by atoms with Crippen LogP contribution >= 0.6 is 15.9 Å². The second-order valence-electron chi connectivity index (χ2n) is 5.78. The van der Waals surface area contributed by atoms with E-state index in [1.165, 1.54) is 6.20 Å². The van der Waals surface area contributed by atoms with E-state index in [0.717, 1.165) is 15.8 Å². The molecule has 4 aromatic rings. The molecule has 2 aromatic heterocycles. The van der Waals surface area contributed by atoms with Crippen molar-refractivity contribution in [3.8, 4) is 17.2 Å². The van der Waals surface area contributed by atoms with Crippen molar-refractivity contribution in [3.05, 3.63) is 71.0 Å². The van der Waals surface area contributed by atoms with Crippen LogP contribution in [0.2, 0.25) is 0 Å². The molecule has 0 aliphatic rings. The maximum absolute atomic E-state index is 12.4. The minimum Gasteiger partial charge on any atom is -0.497 e. The number of ether oxygens (including phenoxy) is 1. The molecule has 0 aliphatic carbocycles. The average molecular weight is 424 g/mol. The van der Waals surface area contributed by atoms with Crippen LogP contribution in [0.4, 0.5) is 5.69 Å². The van der Waals surface area contributed by atoms with Gasteiger partial charge in [0, 0.05) is 34.2 Å². The molecular weight excluding hydrogens is 410 g/mol. The zero-order valence-electron chi connectivity index (χ0n) is 14.3. The summed E-state index contributed by atoms with van der Waals surface area (Å²) in [6, 6.07) is 14.5. The van der Waals surface area contributed by atoms with Gasteiger partial charge < -0.3 is 14.5 Å². The summed E-state index contributed by atoms with van der Waals surface area (Å²) in [6.45, 7) is 0. The number of amides is 1. The maximum atomic E-state index is 12.4. The van der Waals surface area contributed by atoms with Gasteiger partial charge in [0.15, 0.2) is 5.58 Å². The molecule has 6 nitrogen and oxygen atoms in total. The van der Waals surface area contributed by atoms with Gasteiger partial charge in [0.2, 0.25) is 5.89 Å². The minimum absolute atomic E-state index is 0.252. The lowest BCUT2D eigenvalue weighted by Crippen LogP contribution is -2.12. The summed E-state index contributed by atoms with van der Waals surface area (Å²) in [5, 5.41) is 2.84. The molecule has 1 amide bonds. The highest BCUT2D eigenvalue weighted by Crippen LogP contribution is 2.27. The second kappa shape index (κ2) is 7.20. The number of benzene rings is 2. The van der Waals surface area contributed by atoms with Crippen molar-refractivity contribution >= 4 is 38.6 Å². The number of fused-ring (bicyclic) bond motifs is 1. The maximum Gasteiger partial charge on any atom is 0.257 e. The number of carbonyl (C=O) groups excluding carboxylic acids is 1. The van der Waals surface area contributed by atoms with Crippen molar-refractivity contribution in [2.75, 3.05) is 12.4 Å². The van der Waals surface area contributed by atoms with Gasteiger partial charge in [-0.3, -0.25) is 9.78 Å². The van der Waals surface area contributed by atoms with Crippen LogP contribution in [0.25, 0.3) is 22.6 Å². The first-order valence-electron chi connectivity index (χ1n) is 8.09. The fourth-order valence-corrected chi connectivity index (χ4v) is 2.96. The van der Waals surface area contributed by atoms with Crippen LogP contribution in [0.15, 0.2) is 69.8 Å². The SMILES string of the molecule is COc1ccc(-c2nc3ccc(NC(=O)c4cncc(Br)c4)cc3o2)cc1. The van der Waals surface area contributed by atoms with Crippen LogP contribution in [0, 0.1) is 0 Å². The van der Waals surface area contributed by atoms with Crippen LogP contribution in [0.3, 0.4) is 0 Å². The van der Waals surface area contributed by atoms with Gasteiger partial charge in [0.05, 0.1) is 12.7 Å². The fraction of sp³-hybridized carbons (Fsp3) is 0.0500. The molecule has 0 saturated heterocycles. The molecule has 0 atom stereocenters. The van der Waals surface area contributed by atoms with E-state index in [9.17, 15) is 4.79 Å². The van der Waals surface area contributed by atoms with E-state index in [2.05, 4.69) is 31.2 Å². The van der Waals surface area contributed by atoms with Crippen LogP contribution in [-0.4, -0.2) is 23.0 Å². The number of hydrogen-bond donors (Lipinski definition) is 1. The summed E-state index contributed by atoms with van der Waals surface area (Å²) in [6.07, 6.45) is 3.13. The number of rotatable bonds is 4. The molecule has 134 valence electrons. The summed E-state index contributed by atoms with van der Waals surface area (Å²) in [7, 11) is 1.62. The first-order chi connectivity index (χ1) is 13.1. The Morgan fingerprint density at radius 3 is 2.67 bits per heavy atom. The number of halogens is 1. The standard InChI is InChI=1S/C20H14BrN3O3/c1-26-16-5-2-12(3-6-16)20-24-17-7-4-15(9-18(17)27-20)23-19(25)13-8-14(21)11-22-10-13/h2-11H,1H3,(H,23,25). The molecule has 1 N–H and O–H groups in total.